The van der Waals surface area contributed by atoms with Crippen LogP contribution in [0.3, 0.4) is 0 Å². The third-order valence-electron chi connectivity index (χ3n) is 3.26. The van der Waals surface area contributed by atoms with Crippen LogP contribution in [-0.4, -0.2) is 0 Å². The number of benzene rings is 2. The summed E-state index contributed by atoms with van der Waals surface area (Å²) in [5.74, 6) is -0.202. The van der Waals surface area contributed by atoms with E-state index in [4.69, 9.17) is 5.73 Å². The van der Waals surface area contributed by atoms with Crippen LogP contribution in [0.2, 0.25) is 0 Å². The van der Waals surface area contributed by atoms with Crippen LogP contribution in [-0.2, 0) is 6.42 Å². The van der Waals surface area contributed by atoms with E-state index < -0.39 is 0 Å². The van der Waals surface area contributed by atoms with Gasteiger partial charge in [-0.2, -0.15) is 0 Å². The summed E-state index contributed by atoms with van der Waals surface area (Å²) in [4.78, 5) is 0. The third kappa shape index (κ3) is 2.96. The van der Waals surface area contributed by atoms with E-state index in [1.807, 2.05) is 38.1 Å². The fourth-order valence-electron chi connectivity index (χ4n) is 2.03. The Bertz CT molecular complexity index is 531. The Morgan fingerprint density at radius 3 is 2.39 bits per heavy atom. The molecule has 0 saturated carbocycles. The SMILES string of the molecule is Cc1ccc(C(N)Cc2cc(F)ccc2C)cc1. The molecule has 2 heteroatoms. The molecule has 1 atom stereocenters. The summed E-state index contributed by atoms with van der Waals surface area (Å²) in [5.41, 5.74) is 10.5. The van der Waals surface area contributed by atoms with Crippen molar-refractivity contribution in [1.82, 2.24) is 0 Å². The molecule has 1 nitrogen and oxygen atoms in total. The van der Waals surface area contributed by atoms with Crippen molar-refractivity contribution in [2.45, 2.75) is 26.3 Å². The maximum Gasteiger partial charge on any atom is 0.123 e. The topological polar surface area (TPSA) is 26.0 Å². The molecule has 0 aliphatic carbocycles. The van der Waals surface area contributed by atoms with E-state index in [2.05, 4.69) is 0 Å². The molecular weight excluding hydrogens is 225 g/mol. The quantitative estimate of drug-likeness (QED) is 0.874. The van der Waals surface area contributed by atoms with Gasteiger partial charge in [-0.15, -0.1) is 0 Å². The van der Waals surface area contributed by atoms with Gasteiger partial charge in [0.15, 0.2) is 0 Å². The molecule has 0 fully saturated rings. The van der Waals surface area contributed by atoms with Crippen molar-refractivity contribution in [2.75, 3.05) is 0 Å². The van der Waals surface area contributed by atoms with Gasteiger partial charge in [-0.05, 0) is 49.1 Å². The Labute approximate surface area is 107 Å². The fourth-order valence-corrected chi connectivity index (χ4v) is 2.03. The first-order valence-electron chi connectivity index (χ1n) is 6.13. The van der Waals surface area contributed by atoms with Gasteiger partial charge in [0, 0.05) is 6.04 Å². The van der Waals surface area contributed by atoms with Gasteiger partial charge in [0.2, 0.25) is 0 Å². The van der Waals surface area contributed by atoms with Crippen molar-refractivity contribution in [1.29, 1.82) is 0 Å². The maximum absolute atomic E-state index is 13.2. The summed E-state index contributed by atoms with van der Waals surface area (Å²) in [6.45, 7) is 4.03. The van der Waals surface area contributed by atoms with Crippen LogP contribution >= 0.6 is 0 Å². The third-order valence-corrected chi connectivity index (χ3v) is 3.26. The highest BCUT2D eigenvalue weighted by Crippen LogP contribution is 2.19. The minimum absolute atomic E-state index is 0.0916. The van der Waals surface area contributed by atoms with Crippen LogP contribution < -0.4 is 5.73 Å². The van der Waals surface area contributed by atoms with Gasteiger partial charge in [0.05, 0.1) is 0 Å². The standard InChI is InChI=1S/C16H18FN/c1-11-3-6-13(7-4-11)16(18)10-14-9-15(17)8-5-12(14)2/h3-9,16H,10,18H2,1-2H3. The van der Waals surface area contributed by atoms with Gasteiger partial charge < -0.3 is 5.73 Å². The average Bonchev–Trinajstić information content (AvgIpc) is 2.34. The summed E-state index contributed by atoms with van der Waals surface area (Å²) in [7, 11) is 0. The van der Waals surface area contributed by atoms with Crippen molar-refractivity contribution < 1.29 is 4.39 Å². The molecule has 0 aromatic heterocycles. The molecule has 2 N–H and O–H groups in total. The number of nitrogens with two attached hydrogens (primary N) is 1. The van der Waals surface area contributed by atoms with E-state index >= 15 is 0 Å². The molecule has 2 aromatic carbocycles. The summed E-state index contributed by atoms with van der Waals surface area (Å²) < 4.78 is 13.2. The van der Waals surface area contributed by atoms with Crippen LogP contribution in [0.5, 0.6) is 0 Å². The Balaban J connectivity index is 2.18. The molecule has 0 spiro atoms. The van der Waals surface area contributed by atoms with Gasteiger partial charge in [0.25, 0.3) is 0 Å². The van der Waals surface area contributed by atoms with Crippen LogP contribution in [0.1, 0.15) is 28.3 Å². The maximum atomic E-state index is 13.2. The van der Waals surface area contributed by atoms with E-state index in [9.17, 15) is 4.39 Å². The van der Waals surface area contributed by atoms with E-state index in [0.717, 1.165) is 16.7 Å². The minimum atomic E-state index is -0.202. The van der Waals surface area contributed by atoms with E-state index in [0.29, 0.717) is 6.42 Å². The van der Waals surface area contributed by atoms with Gasteiger partial charge in [-0.3, -0.25) is 0 Å². The Kier molecular flexibility index (Phi) is 3.78. The summed E-state index contributed by atoms with van der Waals surface area (Å²) in [6.07, 6.45) is 0.659. The molecule has 0 saturated heterocycles. The smallest absolute Gasteiger partial charge is 0.123 e. The van der Waals surface area contributed by atoms with E-state index in [1.165, 1.54) is 11.6 Å². The van der Waals surface area contributed by atoms with Crippen LogP contribution in [0.15, 0.2) is 42.5 Å². The number of aryl methyl sites for hydroxylation is 2. The molecule has 0 bridgehead atoms. The van der Waals surface area contributed by atoms with Gasteiger partial charge >= 0.3 is 0 Å². The lowest BCUT2D eigenvalue weighted by Crippen LogP contribution is -2.14. The molecular formula is C16H18FN. The first-order valence-corrected chi connectivity index (χ1v) is 6.13. The monoisotopic (exact) mass is 243 g/mol. The molecule has 0 aliphatic heterocycles. The highest BCUT2D eigenvalue weighted by molar-refractivity contribution is 5.30. The Morgan fingerprint density at radius 2 is 1.72 bits per heavy atom. The lowest BCUT2D eigenvalue weighted by molar-refractivity contribution is 0.621. The molecule has 1 unspecified atom stereocenters. The fraction of sp³-hybridized carbons (Fsp3) is 0.250. The van der Waals surface area contributed by atoms with Gasteiger partial charge in [-0.25, -0.2) is 4.39 Å². The zero-order valence-electron chi connectivity index (χ0n) is 10.8. The lowest BCUT2D eigenvalue weighted by atomic mass is 9.96. The molecule has 94 valence electrons. The van der Waals surface area contributed by atoms with Crippen molar-refractivity contribution in [3.63, 3.8) is 0 Å². The zero-order chi connectivity index (χ0) is 13.1. The average molecular weight is 243 g/mol. The zero-order valence-corrected chi connectivity index (χ0v) is 10.8. The highest BCUT2D eigenvalue weighted by Gasteiger charge is 2.09. The normalized spacial score (nSPS) is 12.4. The van der Waals surface area contributed by atoms with Crippen molar-refractivity contribution in [3.05, 3.63) is 70.5 Å². The second kappa shape index (κ2) is 5.32. The van der Waals surface area contributed by atoms with Gasteiger partial charge in [0.1, 0.15) is 5.82 Å². The number of rotatable bonds is 3. The van der Waals surface area contributed by atoms with E-state index in [-0.39, 0.29) is 11.9 Å². The van der Waals surface area contributed by atoms with Crippen LogP contribution in [0, 0.1) is 19.7 Å². The van der Waals surface area contributed by atoms with Gasteiger partial charge in [-0.1, -0.05) is 35.9 Å². The van der Waals surface area contributed by atoms with Crippen molar-refractivity contribution >= 4 is 0 Å². The summed E-state index contributed by atoms with van der Waals surface area (Å²) in [5, 5.41) is 0. The number of hydrogen-bond donors (Lipinski definition) is 1. The second-order valence-electron chi connectivity index (χ2n) is 4.79. The lowest BCUT2D eigenvalue weighted by Gasteiger charge is -2.14. The predicted octanol–water partition coefficient (Wildman–Crippen LogP) is 3.69. The minimum Gasteiger partial charge on any atom is -0.324 e. The molecule has 2 aromatic rings. The first kappa shape index (κ1) is 12.8. The van der Waals surface area contributed by atoms with Crippen LogP contribution in [0.4, 0.5) is 4.39 Å². The first-order chi connectivity index (χ1) is 8.56. The molecule has 18 heavy (non-hydrogen) atoms. The summed E-state index contributed by atoms with van der Waals surface area (Å²) >= 11 is 0. The predicted molar refractivity (Wildman–Crippen MR) is 72.9 cm³/mol. The number of halogens is 1. The summed E-state index contributed by atoms with van der Waals surface area (Å²) in [6, 6.07) is 12.9. The molecule has 0 amide bonds. The molecule has 0 heterocycles. The second-order valence-corrected chi connectivity index (χ2v) is 4.79. The molecule has 2 rings (SSSR count). The largest absolute Gasteiger partial charge is 0.324 e. The molecule has 0 aliphatic rings. The van der Waals surface area contributed by atoms with Crippen molar-refractivity contribution in [2.24, 2.45) is 5.73 Å². The Morgan fingerprint density at radius 1 is 1.06 bits per heavy atom. The van der Waals surface area contributed by atoms with Crippen molar-refractivity contribution in [3.8, 4) is 0 Å². The number of hydrogen-bond acceptors (Lipinski definition) is 1. The van der Waals surface area contributed by atoms with Crippen LogP contribution in [0.25, 0.3) is 0 Å². The Hall–Kier alpha value is -1.67. The van der Waals surface area contributed by atoms with E-state index in [1.54, 1.807) is 12.1 Å². The molecule has 0 radical (unpaired) electrons. The highest BCUT2D eigenvalue weighted by atomic mass is 19.1.